The Bertz CT molecular complexity index is 365. The van der Waals surface area contributed by atoms with E-state index in [-0.39, 0.29) is 6.04 Å². The zero-order chi connectivity index (χ0) is 14.1. The molecule has 4 heteroatoms. The summed E-state index contributed by atoms with van der Waals surface area (Å²) in [5.74, 6) is 1.85. The number of nitrogens with one attached hydrogen (secondary N) is 1. The number of rotatable bonds is 4. The van der Waals surface area contributed by atoms with E-state index in [4.69, 9.17) is 0 Å². The molecule has 0 heterocycles. The first kappa shape index (κ1) is 16.0. The number of hydrogen-bond acceptors (Lipinski definition) is 3. The van der Waals surface area contributed by atoms with Gasteiger partial charge in [-0.2, -0.15) is 0 Å². The minimum absolute atomic E-state index is 0.0395. The Balaban J connectivity index is 2.96. The minimum Gasteiger partial charge on any atom is -0.315 e. The fraction of sp³-hybridized carbons (Fsp3) is 1.00. The van der Waals surface area contributed by atoms with Crippen LogP contribution in [0.2, 0.25) is 0 Å². The van der Waals surface area contributed by atoms with E-state index < -0.39 is 14.6 Å². The fourth-order valence-corrected chi connectivity index (χ4v) is 4.43. The largest absolute Gasteiger partial charge is 0.315 e. The van der Waals surface area contributed by atoms with Crippen molar-refractivity contribution in [1.82, 2.24) is 5.32 Å². The Kier molecular flexibility index (Phi) is 4.87. The van der Waals surface area contributed by atoms with Crippen molar-refractivity contribution in [2.24, 2.45) is 17.8 Å². The van der Waals surface area contributed by atoms with Crippen LogP contribution in [-0.4, -0.2) is 32.5 Å². The fourth-order valence-electron chi connectivity index (χ4n) is 3.66. The summed E-state index contributed by atoms with van der Waals surface area (Å²) < 4.78 is 23.3. The van der Waals surface area contributed by atoms with E-state index in [1.165, 1.54) is 12.7 Å². The average Bonchev–Trinajstić information content (AvgIpc) is 2.14. The normalized spacial score (nSPS) is 32.2. The minimum atomic E-state index is -3.06. The zero-order valence-corrected chi connectivity index (χ0v) is 13.5. The Morgan fingerprint density at radius 1 is 1.11 bits per heavy atom. The van der Waals surface area contributed by atoms with Gasteiger partial charge in [0.2, 0.25) is 0 Å². The van der Waals surface area contributed by atoms with Gasteiger partial charge in [0.1, 0.15) is 0 Å². The van der Waals surface area contributed by atoms with E-state index in [2.05, 4.69) is 19.2 Å². The molecule has 0 bridgehead atoms. The van der Waals surface area contributed by atoms with Crippen LogP contribution < -0.4 is 5.32 Å². The van der Waals surface area contributed by atoms with Gasteiger partial charge in [-0.3, -0.25) is 0 Å². The highest BCUT2D eigenvalue weighted by atomic mass is 32.2. The topological polar surface area (TPSA) is 46.2 Å². The Morgan fingerprint density at radius 2 is 1.56 bits per heavy atom. The predicted octanol–water partition coefficient (Wildman–Crippen LogP) is 2.47. The van der Waals surface area contributed by atoms with Gasteiger partial charge in [-0.1, -0.05) is 13.8 Å². The standard InChI is InChI=1S/C14H29NO2S/c1-10-7-11(2)9-12(8-10)13(15-5)14(3,4)18(6,16)17/h10-13,15H,7-9H2,1-6H3. The van der Waals surface area contributed by atoms with Gasteiger partial charge in [0.15, 0.2) is 9.84 Å². The van der Waals surface area contributed by atoms with Crippen molar-refractivity contribution < 1.29 is 8.42 Å². The van der Waals surface area contributed by atoms with Crippen molar-refractivity contribution in [3.63, 3.8) is 0 Å². The summed E-state index contributed by atoms with van der Waals surface area (Å²) in [4.78, 5) is 0. The summed E-state index contributed by atoms with van der Waals surface area (Å²) in [5.41, 5.74) is 0. The molecule has 0 spiro atoms. The van der Waals surface area contributed by atoms with Gasteiger partial charge in [-0.15, -0.1) is 0 Å². The molecule has 1 saturated carbocycles. The van der Waals surface area contributed by atoms with Gasteiger partial charge in [-0.05, 0) is 57.9 Å². The molecule has 0 aromatic heterocycles. The van der Waals surface area contributed by atoms with E-state index in [0.717, 1.165) is 12.8 Å². The molecule has 0 aromatic carbocycles. The van der Waals surface area contributed by atoms with E-state index in [0.29, 0.717) is 17.8 Å². The SMILES string of the molecule is CNC(C1CC(C)CC(C)C1)C(C)(C)S(C)(=O)=O. The molecule has 18 heavy (non-hydrogen) atoms. The van der Waals surface area contributed by atoms with Gasteiger partial charge in [0.05, 0.1) is 4.75 Å². The second-order valence-corrected chi connectivity index (χ2v) is 9.42. The van der Waals surface area contributed by atoms with E-state index in [1.54, 1.807) is 0 Å². The van der Waals surface area contributed by atoms with Gasteiger partial charge in [-0.25, -0.2) is 8.42 Å². The molecular weight excluding hydrogens is 246 g/mol. The molecule has 3 atom stereocenters. The summed E-state index contributed by atoms with van der Waals surface area (Å²) in [7, 11) is -1.17. The molecule has 3 nitrogen and oxygen atoms in total. The summed E-state index contributed by atoms with van der Waals surface area (Å²) in [6.07, 6.45) is 4.89. The second-order valence-electron chi connectivity index (χ2n) is 6.82. The number of sulfone groups is 1. The molecule has 1 fully saturated rings. The van der Waals surface area contributed by atoms with E-state index in [9.17, 15) is 8.42 Å². The zero-order valence-electron chi connectivity index (χ0n) is 12.7. The summed E-state index contributed by atoms with van der Waals surface area (Å²) in [6.45, 7) is 8.27. The lowest BCUT2D eigenvalue weighted by atomic mass is 9.71. The van der Waals surface area contributed by atoms with Crippen molar-refractivity contribution in [2.75, 3.05) is 13.3 Å². The lowest BCUT2D eigenvalue weighted by Gasteiger charge is -2.43. The van der Waals surface area contributed by atoms with Crippen molar-refractivity contribution in [3.05, 3.63) is 0 Å². The highest BCUT2D eigenvalue weighted by Crippen LogP contribution is 2.39. The summed E-state index contributed by atoms with van der Waals surface area (Å²) >= 11 is 0. The van der Waals surface area contributed by atoms with Crippen LogP contribution in [0.3, 0.4) is 0 Å². The molecule has 0 aromatic rings. The monoisotopic (exact) mass is 275 g/mol. The van der Waals surface area contributed by atoms with Crippen molar-refractivity contribution >= 4 is 9.84 Å². The molecular formula is C14H29NO2S. The van der Waals surface area contributed by atoms with Crippen LogP contribution in [0, 0.1) is 17.8 Å². The first-order chi connectivity index (χ1) is 8.09. The lowest BCUT2D eigenvalue weighted by Crippen LogP contribution is -2.55. The van der Waals surface area contributed by atoms with Crippen LogP contribution in [0.5, 0.6) is 0 Å². The maximum Gasteiger partial charge on any atom is 0.154 e. The quantitative estimate of drug-likeness (QED) is 0.857. The van der Waals surface area contributed by atoms with Crippen LogP contribution >= 0.6 is 0 Å². The molecule has 0 amide bonds. The van der Waals surface area contributed by atoms with Gasteiger partial charge < -0.3 is 5.32 Å². The second kappa shape index (κ2) is 5.49. The molecule has 1 aliphatic carbocycles. The highest BCUT2D eigenvalue weighted by Gasteiger charge is 2.43. The molecule has 1 rings (SSSR count). The van der Waals surface area contributed by atoms with Gasteiger partial charge in [0.25, 0.3) is 0 Å². The third-order valence-corrected chi connectivity index (χ3v) is 6.87. The molecule has 0 radical (unpaired) electrons. The Labute approximate surface area is 113 Å². The van der Waals surface area contributed by atoms with Crippen LogP contribution in [0.15, 0.2) is 0 Å². The maximum atomic E-state index is 12.0. The van der Waals surface area contributed by atoms with Crippen LogP contribution in [0.1, 0.15) is 47.0 Å². The average molecular weight is 275 g/mol. The van der Waals surface area contributed by atoms with Gasteiger partial charge >= 0.3 is 0 Å². The maximum absolute atomic E-state index is 12.0. The highest BCUT2D eigenvalue weighted by molar-refractivity contribution is 7.92. The molecule has 1 aliphatic rings. The molecule has 0 aliphatic heterocycles. The van der Waals surface area contributed by atoms with E-state index >= 15 is 0 Å². The molecule has 0 saturated heterocycles. The molecule has 108 valence electrons. The first-order valence-electron chi connectivity index (χ1n) is 6.96. The van der Waals surface area contributed by atoms with Crippen molar-refractivity contribution in [2.45, 2.75) is 57.7 Å². The van der Waals surface area contributed by atoms with Crippen LogP contribution in [0.25, 0.3) is 0 Å². The van der Waals surface area contributed by atoms with E-state index in [1.807, 2.05) is 20.9 Å². The number of hydrogen-bond donors (Lipinski definition) is 1. The Hall–Kier alpha value is -0.0900. The lowest BCUT2D eigenvalue weighted by molar-refractivity contribution is 0.163. The molecule has 3 unspecified atom stereocenters. The molecule has 1 N–H and O–H groups in total. The summed E-state index contributed by atoms with van der Waals surface area (Å²) in [6, 6.07) is 0.0395. The Morgan fingerprint density at radius 3 is 1.89 bits per heavy atom. The predicted molar refractivity (Wildman–Crippen MR) is 77.4 cm³/mol. The van der Waals surface area contributed by atoms with Crippen LogP contribution in [-0.2, 0) is 9.84 Å². The van der Waals surface area contributed by atoms with Crippen molar-refractivity contribution in [1.29, 1.82) is 0 Å². The third kappa shape index (κ3) is 3.27. The smallest absolute Gasteiger partial charge is 0.154 e. The van der Waals surface area contributed by atoms with Crippen LogP contribution in [0.4, 0.5) is 0 Å². The first-order valence-corrected chi connectivity index (χ1v) is 8.85. The van der Waals surface area contributed by atoms with Gasteiger partial charge in [0, 0.05) is 12.3 Å². The van der Waals surface area contributed by atoms with Crippen molar-refractivity contribution in [3.8, 4) is 0 Å². The summed E-state index contributed by atoms with van der Waals surface area (Å²) in [5, 5.41) is 3.28. The third-order valence-electron chi connectivity index (χ3n) is 4.70.